The number of piperazine rings is 1. The number of pyridine rings is 1. The van der Waals surface area contributed by atoms with Crippen molar-refractivity contribution in [2.45, 2.75) is 56.5 Å². The molecule has 0 spiro atoms. The quantitative estimate of drug-likeness (QED) is 0.753. The molecule has 0 atom stereocenters. The zero-order valence-electron chi connectivity index (χ0n) is 18.6. The third kappa shape index (κ3) is 3.44. The Hall–Kier alpha value is -2.33. The van der Waals surface area contributed by atoms with Crippen LogP contribution in [-0.4, -0.2) is 69.5 Å². The lowest BCUT2D eigenvalue weighted by molar-refractivity contribution is -0.274. The van der Waals surface area contributed by atoms with Gasteiger partial charge in [-0.25, -0.2) is 9.97 Å². The van der Waals surface area contributed by atoms with Crippen molar-refractivity contribution in [2.75, 3.05) is 39.0 Å². The number of hydrogen-bond donors (Lipinski definition) is 1. The first kappa shape index (κ1) is 21.5. The molecular weight excluding hydrogens is 421 g/mol. The van der Waals surface area contributed by atoms with E-state index in [0.29, 0.717) is 16.8 Å². The van der Waals surface area contributed by atoms with Crippen molar-refractivity contribution >= 4 is 5.82 Å². The number of aromatic nitrogens is 3. The molecule has 3 aliphatic carbocycles. The lowest BCUT2D eigenvalue weighted by Crippen LogP contribution is -2.80. The summed E-state index contributed by atoms with van der Waals surface area (Å²) in [4.78, 5) is 13.7. The van der Waals surface area contributed by atoms with Gasteiger partial charge in [-0.3, -0.25) is 4.90 Å². The zero-order valence-corrected chi connectivity index (χ0v) is 18.6. The van der Waals surface area contributed by atoms with Crippen LogP contribution in [0.15, 0.2) is 18.5 Å². The summed E-state index contributed by atoms with van der Waals surface area (Å²) in [6.45, 7) is 8.60. The fraction of sp³-hybridized carbons (Fsp3) is 0.636. The number of halogens is 3. The van der Waals surface area contributed by atoms with Crippen LogP contribution in [0.25, 0.3) is 11.3 Å². The van der Waals surface area contributed by atoms with Gasteiger partial charge in [0, 0.05) is 55.6 Å². The molecule has 174 valence electrons. The molecule has 1 aliphatic heterocycles. The van der Waals surface area contributed by atoms with Gasteiger partial charge in [0.2, 0.25) is 0 Å². The van der Waals surface area contributed by atoms with Gasteiger partial charge in [0.15, 0.2) is 11.6 Å². The summed E-state index contributed by atoms with van der Waals surface area (Å²) in [5, 5.41) is 0. The first-order chi connectivity index (χ1) is 15.0. The Balaban J connectivity index is 1.40. The van der Waals surface area contributed by atoms with E-state index in [-0.39, 0.29) is 17.3 Å². The number of imidazole rings is 1. The Morgan fingerprint density at radius 3 is 2.34 bits per heavy atom. The minimum absolute atomic E-state index is 0.0563. The van der Waals surface area contributed by atoms with Gasteiger partial charge in [-0.2, -0.15) is 0 Å². The molecule has 4 aliphatic rings. The lowest BCUT2D eigenvalue weighted by Gasteiger charge is -2.75. The van der Waals surface area contributed by atoms with Crippen LogP contribution in [-0.2, 0) is 5.54 Å². The molecule has 0 amide bonds. The van der Waals surface area contributed by atoms with E-state index in [4.69, 9.17) is 10.7 Å². The number of hydrogen-bond acceptors (Lipinski definition) is 6. The third-order valence-electron chi connectivity index (χ3n) is 7.31. The van der Waals surface area contributed by atoms with E-state index in [1.165, 1.54) is 12.3 Å². The van der Waals surface area contributed by atoms with Crippen molar-refractivity contribution in [3.05, 3.63) is 24.3 Å². The monoisotopic (exact) mass is 450 g/mol. The second-order valence-electron chi connectivity index (χ2n) is 9.93. The van der Waals surface area contributed by atoms with E-state index in [0.717, 1.165) is 51.3 Å². The average molecular weight is 451 g/mol. The van der Waals surface area contributed by atoms with Gasteiger partial charge in [0.25, 0.3) is 0 Å². The molecule has 0 radical (unpaired) electrons. The highest BCUT2D eigenvalue weighted by atomic mass is 19.4. The number of alkyl halides is 3. The zero-order chi connectivity index (χ0) is 22.9. The molecule has 0 unspecified atom stereocenters. The molecule has 2 bridgehead atoms. The molecule has 32 heavy (non-hydrogen) atoms. The minimum Gasteiger partial charge on any atom is -0.402 e. The van der Waals surface area contributed by atoms with Crippen LogP contribution >= 0.6 is 0 Å². The molecule has 2 aromatic heterocycles. The highest BCUT2D eigenvalue weighted by molar-refractivity contribution is 5.64. The van der Waals surface area contributed by atoms with E-state index < -0.39 is 12.1 Å². The first-order valence-electron chi connectivity index (χ1n) is 11.1. The Kier molecular flexibility index (Phi) is 4.76. The predicted molar refractivity (Wildman–Crippen MR) is 114 cm³/mol. The van der Waals surface area contributed by atoms with Gasteiger partial charge < -0.3 is 19.9 Å². The molecule has 7 nitrogen and oxygen atoms in total. The molecule has 3 heterocycles. The fourth-order valence-electron chi connectivity index (χ4n) is 5.68. The Morgan fingerprint density at radius 1 is 1.09 bits per heavy atom. The Bertz CT molecular complexity index is 1010. The van der Waals surface area contributed by atoms with Gasteiger partial charge in [0.1, 0.15) is 5.82 Å². The number of likely N-dealkylation sites (N-methyl/N-ethyl adjacent to an activating group) is 1. The molecule has 4 fully saturated rings. The van der Waals surface area contributed by atoms with Gasteiger partial charge in [-0.1, -0.05) is 13.8 Å². The van der Waals surface area contributed by atoms with Crippen LogP contribution < -0.4 is 10.5 Å². The second kappa shape index (κ2) is 7.08. The summed E-state index contributed by atoms with van der Waals surface area (Å²) in [6.07, 6.45) is 1.88. The Labute approximate surface area is 185 Å². The number of ether oxygens (including phenoxy) is 1. The molecule has 1 saturated heterocycles. The van der Waals surface area contributed by atoms with Gasteiger partial charge >= 0.3 is 6.36 Å². The molecule has 6 rings (SSSR count). The van der Waals surface area contributed by atoms with E-state index in [1.807, 2.05) is 6.20 Å². The van der Waals surface area contributed by atoms with Gasteiger partial charge in [0.05, 0.1) is 11.2 Å². The third-order valence-corrected chi connectivity index (χ3v) is 7.31. The lowest BCUT2D eigenvalue weighted by atomic mass is 9.43. The van der Waals surface area contributed by atoms with Gasteiger partial charge in [-0.15, -0.1) is 13.2 Å². The number of nitrogen functional groups attached to an aromatic ring is 1. The first-order valence-corrected chi connectivity index (χ1v) is 11.1. The fourth-order valence-corrected chi connectivity index (χ4v) is 5.68. The number of anilines is 1. The largest absolute Gasteiger partial charge is 0.573 e. The van der Waals surface area contributed by atoms with Crippen molar-refractivity contribution in [3.8, 4) is 17.0 Å². The summed E-state index contributed by atoms with van der Waals surface area (Å²) in [6, 6.07) is 1.26. The van der Waals surface area contributed by atoms with E-state index in [1.54, 1.807) is 0 Å². The molecule has 2 N–H and O–H groups in total. The molecule has 3 saturated carbocycles. The van der Waals surface area contributed by atoms with Crippen LogP contribution in [0.3, 0.4) is 0 Å². The summed E-state index contributed by atoms with van der Waals surface area (Å²) >= 11 is 0. The second-order valence-corrected chi connectivity index (χ2v) is 9.93. The van der Waals surface area contributed by atoms with Crippen molar-refractivity contribution in [1.29, 1.82) is 0 Å². The SMILES string of the molecule is CC(C)c1nc(-c2cnc(N)c(OC(F)(F)F)c2)cn1C12CC(N3CCN(C)CC3)(C1)C2. The van der Waals surface area contributed by atoms with Crippen molar-refractivity contribution in [2.24, 2.45) is 0 Å². The number of nitrogens with zero attached hydrogens (tertiary/aromatic N) is 5. The maximum Gasteiger partial charge on any atom is 0.573 e. The molecule has 0 aromatic carbocycles. The molecular formula is C22H29F3N6O. The number of rotatable bonds is 5. The highest BCUT2D eigenvalue weighted by Gasteiger charge is 2.71. The summed E-state index contributed by atoms with van der Waals surface area (Å²) in [5.74, 6) is 0.324. The van der Waals surface area contributed by atoms with E-state index in [9.17, 15) is 13.2 Å². The summed E-state index contributed by atoms with van der Waals surface area (Å²) in [5.41, 5.74) is 6.99. The van der Waals surface area contributed by atoms with Crippen LogP contribution in [0.5, 0.6) is 5.75 Å². The van der Waals surface area contributed by atoms with Crippen LogP contribution in [0.2, 0.25) is 0 Å². The normalized spacial score (nSPS) is 28.5. The van der Waals surface area contributed by atoms with Crippen LogP contribution in [0.1, 0.15) is 44.9 Å². The minimum atomic E-state index is -4.83. The van der Waals surface area contributed by atoms with Crippen LogP contribution in [0, 0.1) is 0 Å². The van der Waals surface area contributed by atoms with E-state index in [2.05, 4.69) is 45.0 Å². The van der Waals surface area contributed by atoms with Crippen molar-refractivity contribution in [1.82, 2.24) is 24.3 Å². The number of nitrogens with two attached hydrogens (primary N) is 1. The summed E-state index contributed by atoms with van der Waals surface area (Å²) < 4.78 is 44.5. The van der Waals surface area contributed by atoms with Gasteiger partial charge in [-0.05, 0) is 32.4 Å². The van der Waals surface area contributed by atoms with Crippen molar-refractivity contribution < 1.29 is 17.9 Å². The maximum atomic E-state index is 12.7. The summed E-state index contributed by atoms with van der Waals surface area (Å²) in [7, 11) is 2.17. The Morgan fingerprint density at radius 2 is 1.75 bits per heavy atom. The molecule has 10 heteroatoms. The smallest absolute Gasteiger partial charge is 0.402 e. The topological polar surface area (TPSA) is 72.4 Å². The average Bonchev–Trinajstić information content (AvgIpc) is 3.07. The highest BCUT2D eigenvalue weighted by Crippen LogP contribution is 2.68. The standard InChI is InChI=1S/C22H29F3N6O/c1-14(2)19-28-16(15-8-17(18(26)27-9-15)32-22(23,24)25)10-31(19)21-11-20(12-21,13-21)30-6-4-29(3)5-7-30/h8-10,14H,4-7,11-13H2,1-3H3,(H2,26,27). The van der Waals surface area contributed by atoms with E-state index >= 15 is 0 Å². The maximum absolute atomic E-state index is 12.7. The predicted octanol–water partition coefficient (Wildman–Crippen LogP) is 3.43. The van der Waals surface area contributed by atoms with Crippen molar-refractivity contribution in [3.63, 3.8) is 0 Å². The molecule has 2 aromatic rings. The van der Waals surface area contributed by atoms with Crippen LogP contribution in [0.4, 0.5) is 19.0 Å².